The summed E-state index contributed by atoms with van der Waals surface area (Å²) in [6.45, 7) is 8.17. The second-order valence-corrected chi connectivity index (χ2v) is 4.72. The van der Waals surface area contributed by atoms with Crippen LogP contribution >= 0.6 is 0 Å². The molecule has 2 unspecified atom stereocenters. The van der Waals surface area contributed by atoms with E-state index in [2.05, 4.69) is 18.7 Å². The number of rotatable bonds is 2. The second kappa shape index (κ2) is 3.97. The minimum Gasteiger partial charge on any atom is -0.378 e. The molecular formula is C11H21NO. The summed E-state index contributed by atoms with van der Waals surface area (Å²) in [6, 6.07) is 0.829. The molecule has 0 amide bonds. The topological polar surface area (TPSA) is 12.5 Å². The fraction of sp³-hybridized carbons (Fsp3) is 1.00. The first-order valence-electron chi connectivity index (χ1n) is 5.63. The van der Waals surface area contributed by atoms with E-state index in [0.29, 0.717) is 12.0 Å². The third-order valence-corrected chi connectivity index (χ3v) is 3.44. The number of hydrogen-bond acceptors (Lipinski definition) is 2. The molecule has 2 heteroatoms. The quantitative estimate of drug-likeness (QED) is 0.648. The van der Waals surface area contributed by atoms with Crippen LogP contribution in [0.5, 0.6) is 0 Å². The molecule has 0 aromatic carbocycles. The van der Waals surface area contributed by atoms with Crippen LogP contribution in [0.15, 0.2) is 0 Å². The van der Waals surface area contributed by atoms with E-state index in [4.69, 9.17) is 4.74 Å². The molecule has 0 N–H and O–H groups in total. The second-order valence-electron chi connectivity index (χ2n) is 4.72. The van der Waals surface area contributed by atoms with Gasteiger partial charge in [0, 0.05) is 12.6 Å². The largest absolute Gasteiger partial charge is 0.378 e. The summed E-state index contributed by atoms with van der Waals surface area (Å²) >= 11 is 0. The summed E-state index contributed by atoms with van der Waals surface area (Å²) in [6.07, 6.45) is 4.43. The average molecular weight is 183 g/mol. The molecule has 13 heavy (non-hydrogen) atoms. The van der Waals surface area contributed by atoms with Gasteiger partial charge in [-0.1, -0.05) is 13.8 Å². The van der Waals surface area contributed by atoms with Crippen molar-refractivity contribution in [2.45, 2.75) is 45.3 Å². The maximum atomic E-state index is 5.76. The molecular weight excluding hydrogens is 162 g/mol. The Labute approximate surface area is 81.3 Å². The smallest absolute Gasteiger partial charge is 0.0612 e. The Morgan fingerprint density at radius 1 is 1.31 bits per heavy atom. The van der Waals surface area contributed by atoms with Crippen LogP contribution in [0.1, 0.15) is 33.1 Å². The zero-order valence-corrected chi connectivity index (χ0v) is 8.83. The molecule has 2 nitrogen and oxygen atoms in total. The Balaban J connectivity index is 1.84. The molecule has 0 bridgehead atoms. The Hall–Kier alpha value is -0.0800. The highest BCUT2D eigenvalue weighted by atomic mass is 16.5. The van der Waals surface area contributed by atoms with E-state index in [-0.39, 0.29) is 0 Å². The summed E-state index contributed by atoms with van der Waals surface area (Å²) in [7, 11) is 0. The van der Waals surface area contributed by atoms with Crippen LogP contribution in [0.4, 0.5) is 0 Å². The van der Waals surface area contributed by atoms with E-state index >= 15 is 0 Å². The molecule has 0 spiro atoms. The summed E-state index contributed by atoms with van der Waals surface area (Å²) in [4.78, 5) is 2.62. The zero-order chi connectivity index (χ0) is 9.26. The van der Waals surface area contributed by atoms with Crippen molar-refractivity contribution >= 4 is 0 Å². The molecule has 2 aliphatic heterocycles. The maximum Gasteiger partial charge on any atom is 0.0612 e. The van der Waals surface area contributed by atoms with Crippen LogP contribution in [-0.4, -0.2) is 36.7 Å². The van der Waals surface area contributed by atoms with E-state index in [1.165, 1.54) is 32.4 Å². The van der Waals surface area contributed by atoms with Crippen molar-refractivity contribution in [3.05, 3.63) is 0 Å². The lowest BCUT2D eigenvalue weighted by molar-refractivity contribution is -0.0592. The van der Waals surface area contributed by atoms with Gasteiger partial charge in [-0.25, -0.2) is 0 Å². The fourth-order valence-corrected chi connectivity index (χ4v) is 2.31. The number of hydrogen-bond donors (Lipinski definition) is 0. The molecule has 2 rings (SSSR count). The minimum absolute atomic E-state index is 0.513. The molecule has 2 atom stereocenters. The van der Waals surface area contributed by atoms with Crippen LogP contribution in [0.3, 0.4) is 0 Å². The van der Waals surface area contributed by atoms with E-state index in [1.54, 1.807) is 0 Å². The molecule has 2 heterocycles. The van der Waals surface area contributed by atoms with Crippen LogP contribution < -0.4 is 0 Å². The standard InChI is InChI=1S/C11H21NO/c1-9(2)11-8-10(4-7-13-11)12-5-3-6-12/h9-11H,3-8H2,1-2H3. The van der Waals surface area contributed by atoms with Gasteiger partial charge in [0.25, 0.3) is 0 Å². The van der Waals surface area contributed by atoms with Crippen LogP contribution in [0.2, 0.25) is 0 Å². The van der Waals surface area contributed by atoms with Gasteiger partial charge in [0.05, 0.1) is 6.10 Å². The van der Waals surface area contributed by atoms with Gasteiger partial charge >= 0.3 is 0 Å². The van der Waals surface area contributed by atoms with Crippen molar-refractivity contribution in [2.75, 3.05) is 19.7 Å². The van der Waals surface area contributed by atoms with Crippen molar-refractivity contribution < 1.29 is 4.74 Å². The minimum atomic E-state index is 0.513. The Morgan fingerprint density at radius 2 is 2.08 bits per heavy atom. The number of nitrogens with zero attached hydrogens (tertiary/aromatic N) is 1. The van der Waals surface area contributed by atoms with E-state index in [9.17, 15) is 0 Å². The van der Waals surface area contributed by atoms with Crippen LogP contribution in [0, 0.1) is 5.92 Å². The molecule has 0 radical (unpaired) electrons. The Morgan fingerprint density at radius 3 is 2.62 bits per heavy atom. The first-order chi connectivity index (χ1) is 6.27. The molecule has 2 saturated heterocycles. The van der Waals surface area contributed by atoms with Gasteiger partial charge in [0.2, 0.25) is 0 Å². The summed E-state index contributed by atoms with van der Waals surface area (Å²) in [5.74, 6) is 0.684. The lowest BCUT2D eigenvalue weighted by atomic mass is 9.93. The van der Waals surface area contributed by atoms with Gasteiger partial charge in [0.1, 0.15) is 0 Å². The Kier molecular flexibility index (Phi) is 2.89. The number of likely N-dealkylation sites (tertiary alicyclic amines) is 1. The van der Waals surface area contributed by atoms with Crippen molar-refractivity contribution in [3.63, 3.8) is 0 Å². The van der Waals surface area contributed by atoms with Gasteiger partial charge in [-0.15, -0.1) is 0 Å². The predicted molar refractivity (Wildman–Crippen MR) is 53.8 cm³/mol. The van der Waals surface area contributed by atoms with Crippen LogP contribution in [-0.2, 0) is 4.74 Å². The van der Waals surface area contributed by atoms with Gasteiger partial charge < -0.3 is 9.64 Å². The number of ether oxygens (including phenoxy) is 1. The highest BCUT2D eigenvalue weighted by Gasteiger charge is 2.31. The summed E-state index contributed by atoms with van der Waals surface area (Å²) in [5.41, 5.74) is 0. The van der Waals surface area contributed by atoms with Gasteiger partial charge in [-0.3, -0.25) is 0 Å². The van der Waals surface area contributed by atoms with E-state index < -0.39 is 0 Å². The van der Waals surface area contributed by atoms with E-state index in [1.807, 2.05) is 0 Å². The maximum absolute atomic E-state index is 5.76. The first kappa shape index (κ1) is 9.47. The van der Waals surface area contributed by atoms with Gasteiger partial charge in [0.15, 0.2) is 0 Å². The molecule has 0 aliphatic carbocycles. The lowest BCUT2D eigenvalue weighted by Gasteiger charge is -2.43. The predicted octanol–water partition coefficient (Wildman–Crippen LogP) is 1.90. The highest BCUT2D eigenvalue weighted by molar-refractivity contribution is 4.84. The van der Waals surface area contributed by atoms with Crippen molar-refractivity contribution in [3.8, 4) is 0 Å². The Bertz CT molecular complexity index is 165. The third-order valence-electron chi connectivity index (χ3n) is 3.44. The summed E-state index contributed by atoms with van der Waals surface area (Å²) < 4.78 is 5.76. The molecule has 2 fully saturated rings. The first-order valence-corrected chi connectivity index (χ1v) is 5.63. The normalized spacial score (nSPS) is 36.2. The van der Waals surface area contributed by atoms with Crippen molar-refractivity contribution in [2.24, 2.45) is 5.92 Å². The van der Waals surface area contributed by atoms with Crippen molar-refractivity contribution in [1.29, 1.82) is 0 Å². The monoisotopic (exact) mass is 183 g/mol. The molecule has 0 saturated carbocycles. The van der Waals surface area contributed by atoms with Crippen molar-refractivity contribution in [1.82, 2.24) is 4.90 Å². The highest BCUT2D eigenvalue weighted by Crippen LogP contribution is 2.26. The lowest BCUT2D eigenvalue weighted by Crippen LogP contribution is -2.49. The fourth-order valence-electron chi connectivity index (χ4n) is 2.31. The average Bonchev–Trinajstić information content (AvgIpc) is 2.01. The zero-order valence-electron chi connectivity index (χ0n) is 8.83. The van der Waals surface area contributed by atoms with Crippen LogP contribution in [0.25, 0.3) is 0 Å². The molecule has 0 aromatic heterocycles. The summed E-state index contributed by atoms with van der Waals surface area (Å²) in [5, 5.41) is 0. The van der Waals surface area contributed by atoms with Gasteiger partial charge in [-0.2, -0.15) is 0 Å². The third kappa shape index (κ3) is 2.05. The molecule has 76 valence electrons. The SMILES string of the molecule is CC(C)C1CC(N2CCC2)CCO1. The van der Waals surface area contributed by atoms with Gasteiger partial charge in [-0.05, 0) is 38.3 Å². The van der Waals surface area contributed by atoms with E-state index in [0.717, 1.165) is 12.6 Å². The molecule has 0 aromatic rings. The molecule has 2 aliphatic rings.